The van der Waals surface area contributed by atoms with Crippen LogP contribution in [0.4, 0.5) is 4.79 Å². The van der Waals surface area contributed by atoms with Crippen molar-refractivity contribution in [2.24, 2.45) is 17.0 Å². The summed E-state index contributed by atoms with van der Waals surface area (Å²) in [6.45, 7) is 4.62. The lowest BCUT2D eigenvalue weighted by atomic mass is 9.96. The summed E-state index contributed by atoms with van der Waals surface area (Å²) in [6.07, 6.45) is 8.07. The van der Waals surface area contributed by atoms with Crippen molar-refractivity contribution in [3.05, 3.63) is 0 Å². The van der Waals surface area contributed by atoms with Gasteiger partial charge in [-0.15, -0.1) is 0 Å². The van der Waals surface area contributed by atoms with Gasteiger partial charge in [0.15, 0.2) is 0 Å². The van der Waals surface area contributed by atoms with E-state index in [1.807, 2.05) is 0 Å². The summed E-state index contributed by atoms with van der Waals surface area (Å²) in [5.41, 5.74) is 1.09. The van der Waals surface area contributed by atoms with E-state index in [0.717, 1.165) is 18.1 Å². The molecule has 0 aromatic heterocycles. The van der Waals surface area contributed by atoms with Crippen LogP contribution in [0.1, 0.15) is 58.8 Å². The largest absolute Gasteiger partial charge is 0.433 e. The topological polar surface area (TPSA) is 50.7 Å². The van der Waals surface area contributed by atoms with Gasteiger partial charge in [-0.2, -0.15) is 11.8 Å². The lowest BCUT2D eigenvalue weighted by molar-refractivity contribution is 0.152. The molecule has 0 bridgehead atoms. The zero-order valence-corrected chi connectivity index (χ0v) is 14.3. The Morgan fingerprint density at radius 2 is 2.10 bits per heavy atom. The molecule has 1 atom stereocenters. The summed E-state index contributed by atoms with van der Waals surface area (Å²) in [6, 6.07) is 0. The van der Waals surface area contributed by atoms with Gasteiger partial charge in [0, 0.05) is 24.1 Å². The predicted molar refractivity (Wildman–Crippen MR) is 88.8 cm³/mol. The number of oxime groups is 1. The number of thioether (sulfide) groups is 1. The lowest BCUT2D eigenvalue weighted by Crippen LogP contribution is -2.29. The maximum Gasteiger partial charge on any atom is 0.433 e. The smallest absolute Gasteiger partial charge is 0.323 e. The molecule has 0 radical (unpaired) electrons. The van der Waals surface area contributed by atoms with E-state index >= 15 is 0 Å². The maximum absolute atomic E-state index is 11.2. The molecule has 0 saturated heterocycles. The van der Waals surface area contributed by atoms with Gasteiger partial charge in [-0.3, -0.25) is 4.84 Å². The van der Waals surface area contributed by atoms with Crippen molar-refractivity contribution in [1.29, 1.82) is 0 Å². The number of nitrogens with zero attached hydrogens (tertiary/aromatic N) is 1. The van der Waals surface area contributed by atoms with Crippen molar-refractivity contribution in [1.82, 2.24) is 5.32 Å². The van der Waals surface area contributed by atoms with Gasteiger partial charge >= 0.3 is 6.09 Å². The predicted octanol–water partition coefficient (Wildman–Crippen LogP) is 4.20. The van der Waals surface area contributed by atoms with Gasteiger partial charge in [-0.05, 0) is 50.7 Å². The Hall–Kier alpha value is -0.710. The Balaban J connectivity index is 1.96. The van der Waals surface area contributed by atoms with E-state index in [-0.39, 0.29) is 4.75 Å². The highest BCUT2D eigenvalue weighted by Gasteiger charge is 2.44. The number of carbonyl (C=O) groups is 1. The third kappa shape index (κ3) is 5.20. The summed E-state index contributed by atoms with van der Waals surface area (Å²) in [5, 5.41) is 6.62. The van der Waals surface area contributed by atoms with Crippen LogP contribution < -0.4 is 5.32 Å². The Morgan fingerprint density at radius 1 is 1.38 bits per heavy atom. The van der Waals surface area contributed by atoms with E-state index in [1.165, 1.54) is 44.3 Å². The molecule has 0 heterocycles. The molecule has 1 amide bonds. The fraction of sp³-hybridized carbons (Fsp3) is 0.875. The average molecular weight is 312 g/mol. The number of rotatable bonds is 9. The van der Waals surface area contributed by atoms with Gasteiger partial charge < -0.3 is 5.32 Å². The highest BCUT2D eigenvalue weighted by Crippen LogP contribution is 2.51. The summed E-state index contributed by atoms with van der Waals surface area (Å²) in [5.74, 6) is 2.57. The number of hydrogen-bond acceptors (Lipinski definition) is 4. The number of hydrogen-bond donors (Lipinski definition) is 1. The Labute approximate surface area is 132 Å². The SMILES string of the molecule is CCCCSC(C)(C/C(=N/OC(=O)NC)C1CC1)C1CC1. The molecule has 21 heavy (non-hydrogen) atoms. The van der Waals surface area contributed by atoms with Crippen LogP contribution in [0, 0.1) is 11.8 Å². The molecule has 4 nitrogen and oxygen atoms in total. The first-order chi connectivity index (χ1) is 10.1. The van der Waals surface area contributed by atoms with Crippen molar-refractivity contribution in [3.8, 4) is 0 Å². The Morgan fingerprint density at radius 3 is 2.62 bits per heavy atom. The molecule has 2 aliphatic rings. The first kappa shape index (κ1) is 16.7. The second-order valence-electron chi connectivity index (χ2n) is 6.45. The molecule has 1 unspecified atom stereocenters. The first-order valence-corrected chi connectivity index (χ1v) is 9.17. The van der Waals surface area contributed by atoms with Crippen LogP contribution in [-0.2, 0) is 4.84 Å². The number of carbonyl (C=O) groups excluding carboxylic acids is 1. The van der Waals surface area contributed by atoms with Crippen LogP contribution in [0.25, 0.3) is 0 Å². The normalized spacial score (nSPS) is 21.8. The number of amides is 1. The van der Waals surface area contributed by atoms with Crippen LogP contribution in [0.15, 0.2) is 5.16 Å². The standard InChI is InChI=1S/C16H28N2O2S/c1-4-5-10-21-16(2,13-8-9-13)11-14(12-6-7-12)18-20-15(19)17-3/h12-13H,4-11H2,1-3H3,(H,17,19)/b18-14-. The molecule has 5 heteroatoms. The van der Waals surface area contributed by atoms with Crippen molar-refractivity contribution < 1.29 is 9.63 Å². The Kier molecular flexibility index (Phi) is 5.97. The summed E-state index contributed by atoms with van der Waals surface area (Å²) >= 11 is 2.10. The van der Waals surface area contributed by atoms with E-state index in [1.54, 1.807) is 7.05 Å². The molecule has 120 valence electrons. The summed E-state index contributed by atoms with van der Waals surface area (Å²) in [4.78, 5) is 16.2. The molecule has 2 fully saturated rings. The molecule has 2 rings (SSSR count). The van der Waals surface area contributed by atoms with Gasteiger partial charge in [0.1, 0.15) is 0 Å². The van der Waals surface area contributed by atoms with Gasteiger partial charge in [0.2, 0.25) is 0 Å². The third-order valence-corrected chi connectivity index (χ3v) is 6.03. The van der Waals surface area contributed by atoms with Crippen molar-refractivity contribution in [2.45, 2.75) is 63.5 Å². The van der Waals surface area contributed by atoms with E-state index in [9.17, 15) is 4.79 Å². The van der Waals surface area contributed by atoms with Gasteiger partial charge in [-0.1, -0.05) is 18.5 Å². The fourth-order valence-corrected chi connectivity index (χ4v) is 4.25. The lowest BCUT2D eigenvalue weighted by Gasteiger charge is -2.29. The number of unbranched alkanes of at least 4 members (excludes halogenated alkanes) is 1. The third-order valence-electron chi connectivity index (χ3n) is 4.40. The molecule has 2 saturated carbocycles. The fourth-order valence-electron chi connectivity index (χ4n) is 2.63. The van der Waals surface area contributed by atoms with E-state index in [4.69, 9.17) is 4.84 Å². The van der Waals surface area contributed by atoms with Crippen molar-refractivity contribution >= 4 is 23.6 Å². The minimum absolute atomic E-state index is 0.267. The maximum atomic E-state index is 11.2. The van der Waals surface area contributed by atoms with Crippen molar-refractivity contribution in [3.63, 3.8) is 0 Å². The van der Waals surface area contributed by atoms with E-state index < -0.39 is 6.09 Å². The number of nitrogens with one attached hydrogen (secondary N) is 1. The highest BCUT2D eigenvalue weighted by molar-refractivity contribution is 8.00. The van der Waals surface area contributed by atoms with Gasteiger partial charge in [0.05, 0.1) is 5.71 Å². The molecule has 1 N–H and O–H groups in total. The van der Waals surface area contributed by atoms with Crippen LogP contribution in [0.5, 0.6) is 0 Å². The average Bonchev–Trinajstić information content (AvgIpc) is 3.33. The first-order valence-electron chi connectivity index (χ1n) is 8.18. The minimum atomic E-state index is -0.472. The molecular formula is C16H28N2O2S. The summed E-state index contributed by atoms with van der Waals surface area (Å²) < 4.78 is 0.267. The van der Waals surface area contributed by atoms with Crippen molar-refractivity contribution in [2.75, 3.05) is 12.8 Å². The van der Waals surface area contributed by atoms with Gasteiger partial charge in [0.25, 0.3) is 0 Å². The molecule has 0 aromatic rings. The summed E-state index contributed by atoms with van der Waals surface area (Å²) in [7, 11) is 1.56. The second-order valence-corrected chi connectivity index (χ2v) is 8.08. The molecule has 0 spiro atoms. The zero-order valence-electron chi connectivity index (χ0n) is 13.5. The molecule has 2 aliphatic carbocycles. The quantitative estimate of drug-likeness (QED) is 0.300. The molecule has 0 aromatic carbocycles. The highest BCUT2D eigenvalue weighted by atomic mass is 32.2. The van der Waals surface area contributed by atoms with Crippen LogP contribution >= 0.6 is 11.8 Å². The molecule has 0 aliphatic heterocycles. The van der Waals surface area contributed by atoms with Crippen LogP contribution in [-0.4, -0.2) is 29.4 Å². The minimum Gasteiger partial charge on any atom is -0.323 e. The van der Waals surface area contributed by atoms with Crippen LogP contribution in [0.3, 0.4) is 0 Å². The monoisotopic (exact) mass is 312 g/mol. The van der Waals surface area contributed by atoms with Gasteiger partial charge in [-0.25, -0.2) is 4.79 Å². The Bertz CT molecular complexity index is 392. The van der Waals surface area contributed by atoms with E-state index in [2.05, 4.69) is 36.1 Å². The van der Waals surface area contributed by atoms with E-state index in [0.29, 0.717) is 5.92 Å². The second kappa shape index (κ2) is 7.52. The molecular weight excluding hydrogens is 284 g/mol. The van der Waals surface area contributed by atoms with Crippen LogP contribution in [0.2, 0.25) is 0 Å². The zero-order chi connectivity index (χ0) is 15.3.